The van der Waals surface area contributed by atoms with Crippen LogP contribution in [0.2, 0.25) is 5.02 Å². The van der Waals surface area contributed by atoms with Crippen molar-refractivity contribution in [2.24, 2.45) is 5.92 Å². The molecule has 3 amide bonds. The highest BCUT2D eigenvalue weighted by atomic mass is 35.5. The summed E-state index contributed by atoms with van der Waals surface area (Å²) >= 11 is 6.37. The summed E-state index contributed by atoms with van der Waals surface area (Å²) in [4.78, 5) is 41.5. The fraction of sp³-hybridized carbons (Fsp3) is 0.448. The standard InChI is InChI=1S/C29H37ClN4O4/c1-17(2)23(33-28(37)38-29(6,7)8)27(36)34(15-14-31)25(21-13-12-18(3)20(5)16-21)26(35)32-24-19(4)10-9-11-22(24)30/h9-13,16-17,23,25H,15H2,1-8H3,(H,32,35)(H,33,37). The molecule has 0 saturated carbocycles. The van der Waals surface area contributed by atoms with E-state index in [1.165, 1.54) is 4.90 Å². The Morgan fingerprint density at radius 1 is 1.05 bits per heavy atom. The third-order valence-corrected chi connectivity index (χ3v) is 6.32. The van der Waals surface area contributed by atoms with E-state index in [1.54, 1.807) is 52.8 Å². The van der Waals surface area contributed by atoms with Gasteiger partial charge >= 0.3 is 6.09 Å². The lowest BCUT2D eigenvalue weighted by Gasteiger charge is -2.34. The minimum absolute atomic E-state index is 0.349. The zero-order valence-electron chi connectivity index (χ0n) is 23.3. The van der Waals surface area contributed by atoms with E-state index in [0.717, 1.165) is 16.7 Å². The van der Waals surface area contributed by atoms with Crippen molar-refractivity contribution in [3.63, 3.8) is 0 Å². The molecule has 0 bridgehead atoms. The van der Waals surface area contributed by atoms with E-state index in [1.807, 2.05) is 45.0 Å². The first-order chi connectivity index (χ1) is 17.7. The molecule has 0 aromatic heterocycles. The topological polar surface area (TPSA) is 112 Å². The summed E-state index contributed by atoms with van der Waals surface area (Å²) < 4.78 is 5.36. The molecule has 204 valence electrons. The van der Waals surface area contributed by atoms with Crippen LogP contribution >= 0.6 is 11.6 Å². The minimum Gasteiger partial charge on any atom is -0.444 e. The molecular weight excluding hydrogens is 504 g/mol. The van der Waals surface area contributed by atoms with Gasteiger partial charge in [0, 0.05) is 0 Å². The molecule has 2 aromatic carbocycles. The number of carbonyl (C=O) groups is 3. The molecule has 0 spiro atoms. The summed E-state index contributed by atoms with van der Waals surface area (Å²) in [5.74, 6) is -1.47. The number of nitriles is 1. The number of halogens is 1. The van der Waals surface area contributed by atoms with Crippen LogP contribution in [0.3, 0.4) is 0 Å². The lowest BCUT2D eigenvalue weighted by Crippen LogP contribution is -2.54. The fourth-order valence-electron chi connectivity index (χ4n) is 3.89. The Kier molecular flexibility index (Phi) is 10.3. The zero-order chi connectivity index (χ0) is 28.8. The average molecular weight is 541 g/mol. The smallest absolute Gasteiger partial charge is 0.408 e. The molecule has 2 atom stereocenters. The molecule has 9 heteroatoms. The third kappa shape index (κ3) is 7.96. The lowest BCUT2D eigenvalue weighted by atomic mass is 9.96. The number of nitrogens with zero attached hydrogens (tertiary/aromatic N) is 2. The molecule has 0 radical (unpaired) electrons. The largest absolute Gasteiger partial charge is 0.444 e. The molecule has 2 aromatic rings. The fourth-order valence-corrected chi connectivity index (χ4v) is 4.16. The van der Waals surface area contributed by atoms with E-state index in [-0.39, 0.29) is 12.5 Å². The van der Waals surface area contributed by atoms with Crippen molar-refractivity contribution in [2.45, 2.75) is 73.1 Å². The number of alkyl carbamates (subject to hydrolysis) is 1. The Labute approximate surface area is 230 Å². The van der Waals surface area contributed by atoms with Gasteiger partial charge in [-0.15, -0.1) is 0 Å². The van der Waals surface area contributed by atoms with Crippen LogP contribution in [0.5, 0.6) is 0 Å². The number of nitrogens with one attached hydrogen (secondary N) is 2. The van der Waals surface area contributed by atoms with Crippen LogP contribution in [0, 0.1) is 38.0 Å². The zero-order valence-corrected chi connectivity index (χ0v) is 24.1. The van der Waals surface area contributed by atoms with E-state index >= 15 is 0 Å². The molecule has 0 heterocycles. The van der Waals surface area contributed by atoms with Gasteiger partial charge in [0.15, 0.2) is 0 Å². The maximum Gasteiger partial charge on any atom is 0.408 e. The normalized spacial score (nSPS) is 12.8. The predicted molar refractivity (Wildman–Crippen MR) is 149 cm³/mol. The Hall–Kier alpha value is -3.57. The minimum atomic E-state index is -1.17. The van der Waals surface area contributed by atoms with Crippen molar-refractivity contribution in [3.05, 3.63) is 63.7 Å². The molecule has 2 rings (SSSR count). The van der Waals surface area contributed by atoms with Gasteiger partial charge in [-0.2, -0.15) is 5.26 Å². The number of hydrogen-bond acceptors (Lipinski definition) is 5. The first-order valence-corrected chi connectivity index (χ1v) is 12.8. The molecular formula is C29H37ClN4O4. The van der Waals surface area contributed by atoms with Gasteiger partial charge in [-0.1, -0.05) is 55.8 Å². The molecule has 2 unspecified atom stereocenters. The number of carbonyl (C=O) groups excluding carboxylic acids is 3. The van der Waals surface area contributed by atoms with Crippen LogP contribution in [0.1, 0.15) is 62.9 Å². The number of aryl methyl sites for hydroxylation is 3. The summed E-state index contributed by atoms with van der Waals surface area (Å²) in [7, 11) is 0. The van der Waals surface area contributed by atoms with Gasteiger partial charge in [-0.3, -0.25) is 9.59 Å². The molecule has 8 nitrogen and oxygen atoms in total. The van der Waals surface area contributed by atoms with Gasteiger partial charge < -0.3 is 20.3 Å². The van der Waals surface area contributed by atoms with E-state index < -0.39 is 35.6 Å². The van der Waals surface area contributed by atoms with Crippen molar-refractivity contribution >= 4 is 35.2 Å². The summed E-state index contributed by atoms with van der Waals surface area (Å²) in [6.07, 6.45) is -0.764. The maximum absolute atomic E-state index is 13.9. The van der Waals surface area contributed by atoms with Crippen LogP contribution in [0.4, 0.5) is 10.5 Å². The first kappa shape index (κ1) is 30.7. The highest BCUT2D eigenvalue weighted by molar-refractivity contribution is 6.34. The summed E-state index contributed by atoms with van der Waals surface area (Å²) in [6, 6.07) is 10.5. The van der Waals surface area contributed by atoms with Crippen molar-refractivity contribution < 1.29 is 19.1 Å². The number of benzene rings is 2. The van der Waals surface area contributed by atoms with Gasteiger partial charge in [0.1, 0.15) is 24.2 Å². The number of rotatable bonds is 8. The Morgan fingerprint density at radius 2 is 1.71 bits per heavy atom. The van der Waals surface area contributed by atoms with Gasteiger partial charge in [0.2, 0.25) is 5.91 Å². The quantitative estimate of drug-likeness (QED) is 0.408. The van der Waals surface area contributed by atoms with Gasteiger partial charge in [0.05, 0.1) is 16.8 Å². The molecule has 0 aliphatic rings. The van der Waals surface area contributed by atoms with Crippen LogP contribution in [-0.4, -0.2) is 41.0 Å². The number of ether oxygens (including phenoxy) is 1. The Morgan fingerprint density at radius 3 is 2.24 bits per heavy atom. The van der Waals surface area contributed by atoms with E-state index in [9.17, 15) is 19.6 Å². The second kappa shape index (κ2) is 12.8. The average Bonchev–Trinajstić information content (AvgIpc) is 2.80. The summed E-state index contributed by atoms with van der Waals surface area (Å²) in [5.41, 5.74) is 2.86. The second-order valence-electron chi connectivity index (χ2n) is 10.7. The number of hydrogen-bond donors (Lipinski definition) is 2. The van der Waals surface area contributed by atoms with Gasteiger partial charge in [0.25, 0.3) is 5.91 Å². The van der Waals surface area contributed by atoms with Crippen molar-refractivity contribution in [2.75, 3.05) is 11.9 Å². The van der Waals surface area contributed by atoms with Gasteiger partial charge in [-0.05, 0) is 75.8 Å². The summed E-state index contributed by atoms with van der Waals surface area (Å²) in [6.45, 7) is 14.0. The summed E-state index contributed by atoms with van der Waals surface area (Å²) in [5, 5.41) is 15.5. The SMILES string of the molecule is Cc1ccc(C(C(=O)Nc2c(C)cccc2Cl)N(CC#N)C(=O)C(NC(=O)OC(C)(C)C)C(C)C)cc1C. The van der Waals surface area contributed by atoms with Crippen LogP contribution in [0.15, 0.2) is 36.4 Å². The van der Waals surface area contributed by atoms with Crippen molar-refractivity contribution in [3.8, 4) is 6.07 Å². The molecule has 38 heavy (non-hydrogen) atoms. The second-order valence-corrected chi connectivity index (χ2v) is 11.1. The van der Waals surface area contributed by atoms with E-state index in [0.29, 0.717) is 16.3 Å². The molecule has 0 saturated heterocycles. The molecule has 0 aliphatic heterocycles. The highest BCUT2D eigenvalue weighted by Gasteiger charge is 2.38. The molecule has 2 N–H and O–H groups in total. The first-order valence-electron chi connectivity index (χ1n) is 12.5. The lowest BCUT2D eigenvalue weighted by molar-refractivity contribution is -0.140. The van der Waals surface area contributed by atoms with Crippen molar-refractivity contribution in [1.29, 1.82) is 5.26 Å². The van der Waals surface area contributed by atoms with Gasteiger partial charge in [-0.25, -0.2) is 4.79 Å². The molecule has 0 aliphatic carbocycles. The van der Waals surface area contributed by atoms with Crippen LogP contribution < -0.4 is 10.6 Å². The predicted octanol–water partition coefficient (Wildman–Crippen LogP) is 5.85. The van der Waals surface area contributed by atoms with E-state index in [4.69, 9.17) is 16.3 Å². The Bertz CT molecular complexity index is 1210. The van der Waals surface area contributed by atoms with Crippen LogP contribution in [-0.2, 0) is 14.3 Å². The third-order valence-electron chi connectivity index (χ3n) is 6.01. The monoisotopic (exact) mass is 540 g/mol. The highest BCUT2D eigenvalue weighted by Crippen LogP contribution is 2.30. The van der Waals surface area contributed by atoms with E-state index in [2.05, 4.69) is 10.6 Å². The Balaban J connectivity index is 2.58. The maximum atomic E-state index is 13.9. The van der Waals surface area contributed by atoms with Crippen LogP contribution in [0.25, 0.3) is 0 Å². The number of anilines is 1. The van der Waals surface area contributed by atoms with Crippen molar-refractivity contribution in [1.82, 2.24) is 10.2 Å². The number of para-hydroxylation sites is 1. The number of amides is 3. The molecule has 0 fully saturated rings.